The average molecular weight is 279 g/mol. The number of carboxylic acid groups (broad SMARTS) is 1. The highest BCUT2D eigenvalue weighted by Crippen LogP contribution is 2.20. The van der Waals surface area contributed by atoms with Crippen molar-refractivity contribution in [2.45, 2.75) is 33.7 Å². The molecule has 0 radical (unpaired) electrons. The van der Waals surface area contributed by atoms with Gasteiger partial charge in [-0.15, -0.1) is 0 Å². The van der Waals surface area contributed by atoms with Gasteiger partial charge in [-0.05, 0) is 24.9 Å². The van der Waals surface area contributed by atoms with Crippen molar-refractivity contribution in [2.75, 3.05) is 19.7 Å². The molecule has 0 amide bonds. The first kappa shape index (κ1) is 16.5. The summed E-state index contributed by atoms with van der Waals surface area (Å²) >= 11 is 0. The number of rotatable bonds is 9. The van der Waals surface area contributed by atoms with Gasteiger partial charge in [-0.2, -0.15) is 0 Å². The molecule has 0 spiro atoms. The number of hydrogen-bond acceptors (Lipinski definition) is 3. The molecule has 0 aliphatic rings. The lowest BCUT2D eigenvalue weighted by atomic mass is 10.1. The van der Waals surface area contributed by atoms with Crippen molar-refractivity contribution in [1.82, 2.24) is 4.90 Å². The van der Waals surface area contributed by atoms with Crippen LogP contribution in [0, 0.1) is 5.92 Å². The van der Waals surface area contributed by atoms with Crippen molar-refractivity contribution >= 4 is 5.97 Å². The smallest absolute Gasteiger partial charge is 0.317 e. The van der Waals surface area contributed by atoms with E-state index >= 15 is 0 Å². The molecule has 0 fully saturated rings. The lowest BCUT2D eigenvalue weighted by Crippen LogP contribution is -2.30. The lowest BCUT2D eigenvalue weighted by Gasteiger charge is -2.21. The van der Waals surface area contributed by atoms with Crippen LogP contribution in [0.15, 0.2) is 24.3 Å². The normalized spacial score (nSPS) is 11.1. The van der Waals surface area contributed by atoms with Crippen molar-refractivity contribution in [1.29, 1.82) is 0 Å². The molecule has 0 saturated carbocycles. The van der Waals surface area contributed by atoms with Gasteiger partial charge >= 0.3 is 5.97 Å². The Kier molecular flexibility index (Phi) is 7.09. The minimum Gasteiger partial charge on any atom is -0.493 e. The second-order valence-corrected chi connectivity index (χ2v) is 5.42. The molecule has 4 heteroatoms. The number of carboxylic acids is 1. The third-order valence-corrected chi connectivity index (χ3v) is 2.84. The fourth-order valence-electron chi connectivity index (χ4n) is 1.99. The highest BCUT2D eigenvalue weighted by atomic mass is 16.5. The van der Waals surface area contributed by atoms with E-state index in [0.717, 1.165) is 24.3 Å². The van der Waals surface area contributed by atoms with Gasteiger partial charge in [0.15, 0.2) is 0 Å². The van der Waals surface area contributed by atoms with Crippen molar-refractivity contribution in [2.24, 2.45) is 5.92 Å². The van der Waals surface area contributed by atoms with Crippen LogP contribution >= 0.6 is 0 Å². The van der Waals surface area contributed by atoms with E-state index in [0.29, 0.717) is 19.1 Å². The molecule has 0 heterocycles. The first-order valence-electron chi connectivity index (χ1n) is 7.17. The summed E-state index contributed by atoms with van der Waals surface area (Å²) in [6.45, 7) is 8.37. The summed E-state index contributed by atoms with van der Waals surface area (Å²) in [6.07, 6.45) is 0.933. The maximum absolute atomic E-state index is 10.9. The van der Waals surface area contributed by atoms with Crippen molar-refractivity contribution in [3.63, 3.8) is 0 Å². The fraction of sp³-hybridized carbons (Fsp3) is 0.562. The van der Waals surface area contributed by atoms with Crippen LogP contribution in [0.25, 0.3) is 0 Å². The highest BCUT2D eigenvalue weighted by molar-refractivity contribution is 5.69. The Morgan fingerprint density at radius 1 is 1.35 bits per heavy atom. The Balaban J connectivity index is 2.75. The summed E-state index contributed by atoms with van der Waals surface area (Å²) in [5.41, 5.74) is 1.04. The largest absolute Gasteiger partial charge is 0.493 e. The number of ether oxygens (including phenoxy) is 1. The SMILES string of the molecule is CCCN(CC(=O)O)Cc1ccccc1OCC(C)C. The predicted molar refractivity (Wildman–Crippen MR) is 80.0 cm³/mol. The number of benzene rings is 1. The van der Waals surface area contributed by atoms with Crippen molar-refractivity contribution < 1.29 is 14.6 Å². The van der Waals surface area contributed by atoms with Gasteiger partial charge < -0.3 is 9.84 Å². The fourth-order valence-corrected chi connectivity index (χ4v) is 1.99. The monoisotopic (exact) mass is 279 g/mol. The van der Waals surface area contributed by atoms with E-state index in [1.807, 2.05) is 29.2 Å². The van der Waals surface area contributed by atoms with Crippen LogP contribution < -0.4 is 4.74 Å². The summed E-state index contributed by atoms with van der Waals surface area (Å²) in [6, 6.07) is 7.85. The molecule has 0 saturated heterocycles. The quantitative estimate of drug-likeness (QED) is 0.755. The maximum Gasteiger partial charge on any atom is 0.317 e. The Morgan fingerprint density at radius 3 is 2.65 bits per heavy atom. The van der Waals surface area contributed by atoms with Crippen LogP contribution in [0.4, 0.5) is 0 Å². The van der Waals surface area contributed by atoms with Crippen LogP contribution in [0.3, 0.4) is 0 Å². The number of hydrogen-bond donors (Lipinski definition) is 1. The first-order chi connectivity index (χ1) is 9.52. The first-order valence-corrected chi connectivity index (χ1v) is 7.17. The molecule has 1 aromatic rings. The van der Waals surface area contributed by atoms with E-state index in [2.05, 4.69) is 20.8 Å². The van der Waals surface area contributed by atoms with Gasteiger partial charge in [0.1, 0.15) is 5.75 Å². The third kappa shape index (κ3) is 6.06. The Bertz CT molecular complexity index is 418. The zero-order valence-electron chi connectivity index (χ0n) is 12.6. The van der Waals surface area contributed by atoms with E-state index in [1.165, 1.54) is 0 Å². The zero-order valence-corrected chi connectivity index (χ0v) is 12.6. The minimum atomic E-state index is -0.793. The molecule has 1 N–H and O–H groups in total. The minimum absolute atomic E-state index is 0.0619. The Hall–Kier alpha value is -1.55. The van der Waals surface area contributed by atoms with Crippen molar-refractivity contribution in [3.05, 3.63) is 29.8 Å². The van der Waals surface area contributed by atoms with Crippen LogP contribution in [0.1, 0.15) is 32.8 Å². The molecule has 0 bridgehead atoms. The second kappa shape index (κ2) is 8.59. The standard InChI is InChI=1S/C16H25NO3/c1-4-9-17(11-16(18)19)10-14-7-5-6-8-15(14)20-12-13(2)3/h5-8,13H,4,9-12H2,1-3H3,(H,18,19). The van der Waals surface area contributed by atoms with Crippen LogP contribution in [0.5, 0.6) is 5.75 Å². The lowest BCUT2D eigenvalue weighted by molar-refractivity contribution is -0.138. The van der Waals surface area contributed by atoms with Gasteiger partial charge in [0.2, 0.25) is 0 Å². The van der Waals surface area contributed by atoms with Gasteiger partial charge in [0, 0.05) is 12.1 Å². The van der Waals surface area contributed by atoms with Crippen LogP contribution in [-0.2, 0) is 11.3 Å². The second-order valence-electron chi connectivity index (χ2n) is 5.42. The molecule has 0 aromatic heterocycles. The molecule has 20 heavy (non-hydrogen) atoms. The van der Waals surface area contributed by atoms with Gasteiger partial charge in [-0.3, -0.25) is 9.69 Å². The molecule has 112 valence electrons. The molecule has 1 rings (SSSR count). The van der Waals surface area contributed by atoms with Crippen LogP contribution in [0.2, 0.25) is 0 Å². The topological polar surface area (TPSA) is 49.8 Å². The summed E-state index contributed by atoms with van der Waals surface area (Å²) in [4.78, 5) is 12.8. The van der Waals surface area contributed by atoms with Gasteiger partial charge in [-0.25, -0.2) is 0 Å². The van der Waals surface area contributed by atoms with E-state index in [4.69, 9.17) is 9.84 Å². The van der Waals surface area contributed by atoms with Crippen LogP contribution in [-0.4, -0.2) is 35.7 Å². The molecule has 4 nitrogen and oxygen atoms in total. The van der Waals surface area contributed by atoms with E-state index in [-0.39, 0.29) is 6.54 Å². The molecule has 1 aromatic carbocycles. The average Bonchev–Trinajstić information content (AvgIpc) is 2.37. The third-order valence-electron chi connectivity index (χ3n) is 2.84. The van der Waals surface area contributed by atoms with E-state index in [9.17, 15) is 4.79 Å². The molecule has 0 atom stereocenters. The highest BCUT2D eigenvalue weighted by Gasteiger charge is 2.12. The number of carbonyl (C=O) groups is 1. The summed E-state index contributed by atoms with van der Waals surface area (Å²) in [7, 11) is 0. The summed E-state index contributed by atoms with van der Waals surface area (Å²) in [5.74, 6) is 0.528. The molecular formula is C16H25NO3. The summed E-state index contributed by atoms with van der Waals surface area (Å²) in [5, 5.41) is 8.96. The number of nitrogens with zero attached hydrogens (tertiary/aromatic N) is 1. The Labute approximate surface area is 121 Å². The van der Waals surface area contributed by atoms with E-state index < -0.39 is 5.97 Å². The molecule has 0 unspecified atom stereocenters. The van der Waals surface area contributed by atoms with Gasteiger partial charge in [-0.1, -0.05) is 39.0 Å². The van der Waals surface area contributed by atoms with E-state index in [1.54, 1.807) is 0 Å². The number of aliphatic carboxylic acids is 1. The zero-order chi connectivity index (χ0) is 15.0. The van der Waals surface area contributed by atoms with Crippen molar-refractivity contribution in [3.8, 4) is 5.75 Å². The Morgan fingerprint density at radius 2 is 2.05 bits per heavy atom. The summed E-state index contributed by atoms with van der Waals surface area (Å²) < 4.78 is 5.81. The molecule has 0 aliphatic heterocycles. The molecular weight excluding hydrogens is 254 g/mol. The predicted octanol–water partition coefficient (Wildman–Crippen LogP) is 3.02. The van der Waals surface area contributed by atoms with Gasteiger partial charge in [0.25, 0.3) is 0 Å². The number of para-hydroxylation sites is 1. The maximum atomic E-state index is 10.9. The molecule has 0 aliphatic carbocycles. The van der Waals surface area contributed by atoms with Gasteiger partial charge in [0.05, 0.1) is 13.2 Å².